The van der Waals surface area contributed by atoms with Gasteiger partial charge < -0.3 is 9.73 Å². The van der Waals surface area contributed by atoms with E-state index in [9.17, 15) is 0 Å². The van der Waals surface area contributed by atoms with Crippen LogP contribution in [0.3, 0.4) is 0 Å². The Morgan fingerprint density at radius 3 is 2.94 bits per heavy atom. The van der Waals surface area contributed by atoms with E-state index in [-0.39, 0.29) is 0 Å². The van der Waals surface area contributed by atoms with E-state index < -0.39 is 0 Å². The normalized spacial score (nSPS) is 12.6. The summed E-state index contributed by atoms with van der Waals surface area (Å²) in [5.41, 5.74) is 1.28. The van der Waals surface area contributed by atoms with Gasteiger partial charge in [0.1, 0.15) is 6.26 Å². The third-order valence-corrected chi connectivity index (χ3v) is 3.47. The molecule has 0 aliphatic carbocycles. The lowest BCUT2D eigenvalue weighted by Crippen LogP contribution is -2.18. The summed E-state index contributed by atoms with van der Waals surface area (Å²) in [5, 5.41) is 4.10. The maximum atomic E-state index is 5.26. The van der Waals surface area contributed by atoms with Crippen LogP contribution in [0.2, 0.25) is 0 Å². The van der Waals surface area contributed by atoms with Gasteiger partial charge in [-0.05, 0) is 36.9 Å². The predicted molar refractivity (Wildman–Crippen MR) is 69.2 cm³/mol. The van der Waals surface area contributed by atoms with E-state index in [1.54, 1.807) is 24.2 Å². The predicted octanol–water partition coefficient (Wildman–Crippen LogP) is 3.50. The van der Waals surface area contributed by atoms with Crippen LogP contribution in [-0.2, 0) is 0 Å². The molecule has 0 fully saturated rings. The molecule has 1 N–H and O–H groups in total. The van der Waals surface area contributed by atoms with E-state index in [1.807, 2.05) is 6.07 Å². The number of nitrogens with zero attached hydrogens (tertiary/aromatic N) is 1. The van der Waals surface area contributed by atoms with Gasteiger partial charge in [0.25, 0.3) is 5.22 Å². The highest BCUT2D eigenvalue weighted by Crippen LogP contribution is 2.32. The molecule has 0 amide bonds. The highest BCUT2D eigenvalue weighted by Gasteiger charge is 2.11. The van der Waals surface area contributed by atoms with E-state index in [1.165, 1.54) is 10.5 Å². The molecule has 0 saturated carbocycles. The molecule has 2 aromatic rings. The molecular formula is C13H16N2OS. The van der Waals surface area contributed by atoms with Gasteiger partial charge in [-0.15, -0.1) is 0 Å². The average Bonchev–Trinajstić information content (AvgIpc) is 2.83. The number of benzene rings is 1. The highest BCUT2D eigenvalue weighted by molar-refractivity contribution is 7.99. The molecular weight excluding hydrogens is 232 g/mol. The molecule has 1 aromatic carbocycles. The summed E-state index contributed by atoms with van der Waals surface area (Å²) in [6, 6.07) is 8.66. The molecule has 0 aliphatic rings. The second-order valence-electron chi connectivity index (χ2n) is 3.72. The Kier molecular flexibility index (Phi) is 4.23. The molecule has 0 saturated heterocycles. The van der Waals surface area contributed by atoms with Gasteiger partial charge in [0.2, 0.25) is 0 Å². The fraction of sp³-hybridized carbons (Fsp3) is 0.308. The molecule has 1 unspecified atom stereocenters. The van der Waals surface area contributed by atoms with Crippen LogP contribution in [0.1, 0.15) is 25.5 Å². The first kappa shape index (κ1) is 12.2. The Labute approximate surface area is 106 Å². The zero-order valence-electron chi connectivity index (χ0n) is 10.0. The van der Waals surface area contributed by atoms with Crippen molar-refractivity contribution in [2.45, 2.75) is 30.0 Å². The molecule has 90 valence electrons. The van der Waals surface area contributed by atoms with Gasteiger partial charge in [0.15, 0.2) is 0 Å². The first-order chi connectivity index (χ1) is 8.31. The van der Waals surface area contributed by atoms with E-state index in [4.69, 9.17) is 4.42 Å². The van der Waals surface area contributed by atoms with Crippen molar-refractivity contribution in [3.8, 4) is 0 Å². The van der Waals surface area contributed by atoms with Crippen molar-refractivity contribution >= 4 is 11.8 Å². The standard InChI is InChI=1S/C13H16N2OS/c1-3-14-10(2)11-6-4-5-7-12(11)17-13-15-8-9-16-13/h4-10,14H,3H2,1-2H3. The highest BCUT2D eigenvalue weighted by atomic mass is 32.2. The molecule has 1 atom stereocenters. The van der Waals surface area contributed by atoms with Crippen LogP contribution in [0.5, 0.6) is 0 Å². The van der Waals surface area contributed by atoms with Crippen molar-refractivity contribution in [3.63, 3.8) is 0 Å². The minimum atomic E-state index is 0.332. The van der Waals surface area contributed by atoms with Gasteiger partial charge >= 0.3 is 0 Å². The Morgan fingerprint density at radius 1 is 1.41 bits per heavy atom. The number of hydrogen-bond acceptors (Lipinski definition) is 4. The molecule has 4 heteroatoms. The molecule has 1 aromatic heterocycles. The van der Waals surface area contributed by atoms with Crippen LogP contribution in [0.25, 0.3) is 0 Å². The smallest absolute Gasteiger partial charge is 0.260 e. The summed E-state index contributed by atoms with van der Waals surface area (Å²) in [7, 11) is 0. The Hall–Kier alpha value is -1.26. The van der Waals surface area contributed by atoms with Crippen LogP contribution >= 0.6 is 11.8 Å². The third-order valence-electron chi connectivity index (χ3n) is 2.50. The zero-order chi connectivity index (χ0) is 12.1. The molecule has 0 spiro atoms. The SMILES string of the molecule is CCNC(C)c1ccccc1Sc1ncco1. The molecule has 1 heterocycles. The number of rotatable bonds is 5. The van der Waals surface area contributed by atoms with Crippen LogP contribution < -0.4 is 5.32 Å². The minimum Gasteiger partial charge on any atom is -0.440 e. The molecule has 3 nitrogen and oxygen atoms in total. The van der Waals surface area contributed by atoms with Crippen molar-refractivity contribution in [2.24, 2.45) is 0 Å². The third kappa shape index (κ3) is 3.11. The first-order valence-corrected chi connectivity index (χ1v) is 6.52. The van der Waals surface area contributed by atoms with Crippen LogP contribution in [0.4, 0.5) is 0 Å². The molecule has 2 rings (SSSR count). The molecule has 17 heavy (non-hydrogen) atoms. The molecule has 0 radical (unpaired) electrons. The summed E-state index contributed by atoms with van der Waals surface area (Å²) in [6.45, 7) is 5.23. The lowest BCUT2D eigenvalue weighted by molar-refractivity contribution is 0.454. The van der Waals surface area contributed by atoms with Crippen molar-refractivity contribution in [3.05, 3.63) is 42.3 Å². The summed E-state index contributed by atoms with van der Waals surface area (Å²) >= 11 is 1.56. The van der Waals surface area contributed by atoms with Crippen molar-refractivity contribution in [2.75, 3.05) is 6.54 Å². The van der Waals surface area contributed by atoms with Crippen molar-refractivity contribution < 1.29 is 4.42 Å². The largest absolute Gasteiger partial charge is 0.440 e. The fourth-order valence-electron chi connectivity index (χ4n) is 1.70. The Morgan fingerprint density at radius 2 is 2.24 bits per heavy atom. The van der Waals surface area contributed by atoms with Crippen molar-refractivity contribution in [1.82, 2.24) is 10.3 Å². The average molecular weight is 248 g/mol. The maximum Gasteiger partial charge on any atom is 0.260 e. The van der Waals surface area contributed by atoms with Crippen molar-refractivity contribution in [1.29, 1.82) is 0 Å². The quantitative estimate of drug-likeness (QED) is 0.879. The first-order valence-electron chi connectivity index (χ1n) is 5.71. The van der Waals surface area contributed by atoms with Gasteiger partial charge in [0.05, 0.1) is 6.20 Å². The molecule has 0 aliphatic heterocycles. The van der Waals surface area contributed by atoms with Gasteiger partial charge in [-0.25, -0.2) is 4.98 Å². The Bertz CT molecular complexity index is 456. The lowest BCUT2D eigenvalue weighted by atomic mass is 10.1. The summed E-state index contributed by atoms with van der Waals surface area (Å²) in [6.07, 6.45) is 3.26. The summed E-state index contributed by atoms with van der Waals surface area (Å²) < 4.78 is 5.26. The maximum absolute atomic E-state index is 5.26. The van der Waals surface area contributed by atoms with Crippen LogP contribution in [0.15, 0.2) is 51.3 Å². The van der Waals surface area contributed by atoms with E-state index in [0.717, 1.165) is 6.54 Å². The van der Waals surface area contributed by atoms with E-state index in [0.29, 0.717) is 11.3 Å². The van der Waals surface area contributed by atoms with E-state index in [2.05, 4.69) is 42.3 Å². The number of oxazole rings is 1. The van der Waals surface area contributed by atoms with Gasteiger partial charge in [-0.1, -0.05) is 25.1 Å². The second-order valence-corrected chi connectivity index (χ2v) is 4.71. The topological polar surface area (TPSA) is 38.1 Å². The second kappa shape index (κ2) is 5.89. The fourth-order valence-corrected chi connectivity index (χ4v) is 2.62. The van der Waals surface area contributed by atoms with Gasteiger partial charge in [0, 0.05) is 10.9 Å². The van der Waals surface area contributed by atoms with Crippen LogP contribution in [-0.4, -0.2) is 11.5 Å². The van der Waals surface area contributed by atoms with Gasteiger partial charge in [-0.2, -0.15) is 0 Å². The van der Waals surface area contributed by atoms with Gasteiger partial charge in [-0.3, -0.25) is 0 Å². The number of hydrogen-bond donors (Lipinski definition) is 1. The minimum absolute atomic E-state index is 0.332. The number of nitrogens with one attached hydrogen (secondary N) is 1. The monoisotopic (exact) mass is 248 g/mol. The number of aromatic nitrogens is 1. The van der Waals surface area contributed by atoms with Crippen LogP contribution in [0, 0.1) is 0 Å². The van der Waals surface area contributed by atoms with E-state index >= 15 is 0 Å². The zero-order valence-corrected chi connectivity index (χ0v) is 10.8. The summed E-state index contributed by atoms with van der Waals surface area (Å²) in [5.74, 6) is 0. The molecule has 0 bridgehead atoms. The Balaban J connectivity index is 2.21. The summed E-state index contributed by atoms with van der Waals surface area (Å²) in [4.78, 5) is 5.32. The lowest BCUT2D eigenvalue weighted by Gasteiger charge is -2.15.